The van der Waals surface area contributed by atoms with Crippen LogP contribution < -0.4 is 0 Å². The molecule has 0 saturated heterocycles. The van der Waals surface area contributed by atoms with Gasteiger partial charge in [-0.05, 0) is 50.0 Å². The lowest BCUT2D eigenvalue weighted by atomic mass is 9.74. The molecule has 2 fully saturated rings. The zero-order valence-electron chi connectivity index (χ0n) is 15.4. The van der Waals surface area contributed by atoms with Gasteiger partial charge in [0.05, 0.1) is 0 Å². The van der Waals surface area contributed by atoms with Crippen LogP contribution in [-0.4, -0.2) is 40.5 Å². The van der Waals surface area contributed by atoms with Crippen LogP contribution in [0.15, 0.2) is 30.3 Å². The number of hydrogen-bond donors (Lipinski definition) is 1. The predicted octanol–water partition coefficient (Wildman–Crippen LogP) is 5.31. The van der Waals surface area contributed by atoms with Crippen molar-refractivity contribution in [1.82, 2.24) is 4.90 Å². The quantitative estimate of drug-likeness (QED) is 0.644. The van der Waals surface area contributed by atoms with Crippen molar-refractivity contribution in [3.8, 4) is 0 Å². The molecule has 0 bridgehead atoms. The Hall–Kier alpha value is -1.28. The second-order valence-electron chi connectivity index (χ2n) is 8.13. The predicted molar refractivity (Wildman–Crippen MR) is 92.4 cm³/mol. The molecule has 0 radical (unpaired) electrons. The molecule has 1 N–H and O–H groups in total. The molecule has 28 heavy (non-hydrogen) atoms. The Kier molecular flexibility index (Phi) is 6.01. The highest BCUT2D eigenvalue weighted by Gasteiger charge is 2.73. The number of halogens is 6. The maximum atomic E-state index is 13.1. The van der Waals surface area contributed by atoms with Crippen LogP contribution in [0.5, 0.6) is 0 Å². The molecule has 0 atom stereocenters. The fourth-order valence-corrected chi connectivity index (χ4v) is 4.28. The van der Waals surface area contributed by atoms with Crippen molar-refractivity contribution < 1.29 is 31.4 Å². The molecule has 1 aromatic carbocycles. The molecule has 3 rings (SSSR count). The summed E-state index contributed by atoms with van der Waals surface area (Å²) in [6.45, 7) is 1.45. The molecule has 0 heterocycles. The summed E-state index contributed by atoms with van der Waals surface area (Å²) < 4.78 is 78.8. The van der Waals surface area contributed by atoms with Crippen molar-refractivity contribution >= 4 is 0 Å². The summed E-state index contributed by atoms with van der Waals surface area (Å²) >= 11 is 0. The maximum Gasteiger partial charge on any atom is 0.426 e. The normalized spacial score (nSPS) is 24.6. The second kappa shape index (κ2) is 7.86. The maximum absolute atomic E-state index is 13.1. The van der Waals surface area contributed by atoms with Crippen molar-refractivity contribution in [2.75, 3.05) is 6.54 Å². The Morgan fingerprint density at radius 1 is 0.821 bits per heavy atom. The molecule has 2 saturated carbocycles. The highest BCUT2D eigenvalue weighted by Crippen LogP contribution is 2.52. The molecule has 2 aliphatic rings. The zero-order valence-corrected chi connectivity index (χ0v) is 15.4. The van der Waals surface area contributed by atoms with Gasteiger partial charge in [0.1, 0.15) is 0 Å². The molecule has 0 unspecified atom stereocenters. The standard InChI is InChI=1S/C20H25F6NO/c21-19(22,23)18(28,20(24,25)26)16-8-10-17(11-9-16)27(13-15-6-7-15)12-14-4-2-1-3-5-14/h1-5,15-17,28H,6-13H2. The summed E-state index contributed by atoms with van der Waals surface area (Å²) in [5, 5.41) is 9.66. The molecule has 158 valence electrons. The van der Waals surface area contributed by atoms with Crippen LogP contribution in [0.4, 0.5) is 26.3 Å². The number of benzene rings is 1. The minimum Gasteiger partial charge on any atom is -0.373 e. The molecule has 0 spiro atoms. The Morgan fingerprint density at radius 2 is 1.36 bits per heavy atom. The molecule has 8 heteroatoms. The topological polar surface area (TPSA) is 23.5 Å². The summed E-state index contributed by atoms with van der Waals surface area (Å²) in [4.78, 5) is 2.20. The third-order valence-electron chi connectivity index (χ3n) is 6.09. The van der Waals surface area contributed by atoms with Crippen molar-refractivity contribution in [2.24, 2.45) is 11.8 Å². The first-order valence-electron chi connectivity index (χ1n) is 9.66. The first-order valence-corrected chi connectivity index (χ1v) is 9.66. The summed E-state index contributed by atoms with van der Waals surface area (Å²) in [7, 11) is 0. The van der Waals surface area contributed by atoms with Crippen LogP contribution in [0.1, 0.15) is 44.1 Å². The molecular formula is C20H25F6NO. The lowest BCUT2D eigenvalue weighted by molar-refractivity contribution is -0.387. The molecule has 0 amide bonds. The Balaban J connectivity index is 1.69. The summed E-state index contributed by atoms with van der Waals surface area (Å²) in [6, 6.07) is 9.59. The monoisotopic (exact) mass is 409 g/mol. The summed E-state index contributed by atoms with van der Waals surface area (Å²) in [6.07, 6.45) is -9.39. The van der Waals surface area contributed by atoms with E-state index in [2.05, 4.69) is 4.90 Å². The lowest BCUT2D eigenvalue weighted by Gasteiger charge is -2.44. The van der Waals surface area contributed by atoms with Gasteiger partial charge in [-0.15, -0.1) is 0 Å². The van der Waals surface area contributed by atoms with Gasteiger partial charge in [-0.25, -0.2) is 0 Å². The number of nitrogens with zero attached hydrogens (tertiary/aromatic N) is 1. The second-order valence-corrected chi connectivity index (χ2v) is 8.13. The van der Waals surface area contributed by atoms with Crippen molar-refractivity contribution in [3.05, 3.63) is 35.9 Å². The zero-order chi connectivity index (χ0) is 20.6. The van der Waals surface area contributed by atoms with Gasteiger partial charge < -0.3 is 5.11 Å². The van der Waals surface area contributed by atoms with Gasteiger partial charge in [0.2, 0.25) is 0 Å². The SMILES string of the molecule is OC(C1CCC(N(Cc2ccccc2)CC2CC2)CC1)(C(F)(F)F)C(F)(F)F. The average molecular weight is 409 g/mol. The molecule has 2 aliphatic carbocycles. The lowest BCUT2D eigenvalue weighted by Crippen LogP contribution is -2.62. The van der Waals surface area contributed by atoms with E-state index < -0.39 is 23.9 Å². The van der Waals surface area contributed by atoms with Crippen molar-refractivity contribution in [3.63, 3.8) is 0 Å². The highest BCUT2D eigenvalue weighted by atomic mass is 19.4. The molecule has 0 aliphatic heterocycles. The van der Waals surface area contributed by atoms with E-state index in [0.717, 1.165) is 24.9 Å². The minimum atomic E-state index is -5.74. The van der Waals surface area contributed by atoms with Crippen LogP contribution in [-0.2, 0) is 6.54 Å². The molecule has 2 nitrogen and oxygen atoms in total. The van der Waals surface area contributed by atoms with E-state index >= 15 is 0 Å². The summed E-state index contributed by atoms with van der Waals surface area (Å²) in [5.41, 5.74) is -3.56. The van der Waals surface area contributed by atoms with Crippen LogP contribution >= 0.6 is 0 Å². The first-order chi connectivity index (χ1) is 13.0. The summed E-state index contributed by atoms with van der Waals surface area (Å²) in [5.74, 6) is -1.30. The first kappa shape index (κ1) is 21.4. The number of rotatable bonds is 6. The molecule has 1 aromatic rings. The van der Waals surface area contributed by atoms with E-state index in [0.29, 0.717) is 12.5 Å². The third kappa shape index (κ3) is 4.48. The van der Waals surface area contributed by atoms with Crippen LogP contribution in [0.2, 0.25) is 0 Å². The fraction of sp³-hybridized carbons (Fsp3) is 0.700. The van der Waals surface area contributed by atoms with Gasteiger partial charge in [0.25, 0.3) is 5.60 Å². The molecule has 0 aromatic heterocycles. The van der Waals surface area contributed by atoms with E-state index in [9.17, 15) is 31.4 Å². The highest BCUT2D eigenvalue weighted by molar-refractivity contribution is 5.15. The van der Waals surface area contributed by atoms with Crippen LogP contribution in [0.25, 0.3) is 0 Å². The Bertz CT molecular complexity index is 618. The minimum absolute atomic E-state index is 0.0669. The van der Waals surface area contributed by atoms with Crippen molar-refractivity contribution in [2.45, 2.75) is 69.1 Å². The number of alkyl halides is 6. The Labute approximate surface area is 160 Å². The largest absolute Gasteiger partial charge is 0.426 e. The number of aliphatic hydroxyl groups is 1. The third-order valence-corrected chi connectivity index (χ3v) is 6.09. The van der Waals surface area contributed by atoms with Gasteiger partial charge in [-0.2, -0.15) is 26.3 Å². The van der Waals surface area contributed by atoms with Gasteiger partial charge in [0, 0.05) is 25.0 Å². The van der Waals surface area contributed by atoms with E-state index in [1.54, 1.807) is 0 Å². The van der Waals surface area contributed by atoms with E-state index in [4.69, 9.17) is 0 Å². The van der Waals surface area contributed by atoms with Gasteiger partial charge >= 0.3 is 12.4 Å². The van der Waals surface area contributed by atoms with Gasteiger partial charge in [-0.1, -0.05) is 30.3 Å². The Morgan fingerprint density at radius 3 is 1.82 bits per heavy atom. The van der Waals surface area contributed by atoms with Crippen LogP contribution in [0, 0.1) is 11.8 Å². The number of hydrogen-bond acceptors (Lipinski definition) is 2. The van der Waals surface area contributed by atoms with E-state index in [-0.39, 0.29) is 31.7 Å². The smallest absolute Gasteiger partial charge is 0.373 e. The van der Waals surface area contributed by atoms with E-state index in [1.807, 2.05) is 30.3 Å². The van der Waals surface area contributed by atoms with E-state index in [1.165, 1.54) is 0 Å². The van der Waals surface area contributed by atoms with Gasteiger partial charge in [0.15, 0.2) is 0 Å². The van der Waals surface area contributed by atoms with Crippen LogP contribution in [0.3, 0.4) is 0 Å². The molecular weight excluding hydrogens is 384 g/mol. The van der Waals surface area contributed by atoms with Crippen molar-refractivity contribution in [1.29, 1.82) is 0 Å². The average Bonchev–Trinajstić information content (AvgIpc) is 3.44. The fourth-order valence-electron chi connectivity index (χ4n) is 4.28. The van der Waals surface area contributed by atoms with Gasteiger partial charge in [-0.3, -0.25) is 4.90 Å².